The van der Waals surface area contributed by atoms with Gasteiger partial charge in [-0.05, 0) is 24.6 Å². The van der Waals surface area contributed by atoms with Crippen molar-refractivity contribution in [2.75, 3.05) is 6.61 Å². The molecule has 0 atom stereocenters. The molecule has 0 radical (unpaired) electrons. The average Bonchev–Trinajstić information content (AvgIpc) is 3.31. The van der Waals surface area contributed by atoms with E-state index < -0.39 is 11.9 Å². The summed E-state index contributed by atoms with van der Waals surface area (Å²) in [5, 5.41) is 4.77. The van der Waals surface area contributed by atoms with Crippen LogP contribution < -0.4 is 0 Å². The van der Waals surface area contributed by atoms with Crippen molar-refractivity contribution in [1.29, 1.82) is 0 Å². The minimum absolute atomic E-state index is 0.185. The van der Waals surface area contributed by atoms with Crippen LogP contribution in [0.1, 0.15) is 39.0 Å². The number of rotatable bonds is 7. The summed E-state index contributed by atoms with van der Waals surface area (Å²) in [6.45, 7) is 2.19. The second kappa shape index (κ2) is 8.55. The van der Waals surface area contributed by atoms with Crippen LogP contribution in [-0.4, -0.2) is 28.3 Å². The van der Waals surface area contributed by atoms with Crippen molar-refractivity contribution >= 4 is 23.5 Å². The van der Waals surface area contributed by atoms with Gasteiger partial charge in [-0.15, -0.1) is 0 Å². The number of esters is 2. The summed E-state index contributed by atoms with van der Waals surface area (Å²) in [7, 11) is 0. The van der Waals surface area contributed by atoms with Crippen LogP contribution in [-0.2, 0) is 22.6 Å². The second-order valence-corrected chi connectivity index (χ2v) is 5.98. The maximum atomic E-state index is 12.2. The lowest BCUT2D eigenvalue weighted by Crippen LogP contribution is -2.09. The Morgan fingerprint density at radius 1 is 1.19 bits per heavy atom. The number of benzene rings is 1. The molecule has 0 aliphatic heterocycles. The van der Waals surface area contributed by atoms with Gasteiger partial charge in [-0.1, -0.05) is 29.8 Å². The number of carbonyl (C=O) groups excluding carboxylic acids is 2. The molecule has 2 heterocycles. The van der Waals surface area contributed by atoms with Crippen LogP contribution in [0.15, 0.2) is 53.4 Å². The van der Waals surface area contributed by atoms with Gasteiger partial charge in [0.25, 0.3) is 0 Å². The number of furan rings is 1. The molecule has 0 unspecified atom stereocenters. The van der Waals surface area contributed by atoms with Gasteiger partial charge in [0.2, 0.25) is 0 Å². The topological polar surface area (TPSA) is 83.6 Å². The number of hydrogen-bond donors (Lipinski definition) is 0. The largest absolute Gasteiger partial charge is 0.465 e. The van der Waals surface area contributed by atoms with E-state index in [2.05, 4.69) is 5.10 Å². The lowest BCUT2D eigenvalue weighted by molar-refractivity contribution is 0.0422. The van der Waals surface area contributed by atoms with Gasteiger partial charge in [-0.25, -0.2) is 9.59 Å². The third-order valence-corrected chi connectivity index (χ3v) is 4.10. The molecule has 0 saturated carbocycles. The van der Waals surface area contributed by atoms with E-state index in [4.69, 9.17) is 25.5 Å². The first-order valence-corrected chi connectivity index (χ1v) is 8.62. The summed E-state index contributed by atoms with van der Waals surface area (Å²) in [5.74, 6) is -0.873. The first kappa shape index (κ1) is 18.7. The smallest absolute Gasteiger partial charge is 0.341 e. The van der Waals surface area contributed by atoms with Crippen LogP contribution >= 0.6 is 11.6 Å². The standard InChI is InChI=1S/C19H17ClN2O5/c1-2-25-19(24)15-7-8-26-17(15)12-27-18(23)14-9-21-22(11-14)10-13-5-3-4-6-16(13)20/h3-9,11H,2,10,12H2,1H3. The van der Waals surface area contributed by atoms with Crippen LogP contribution in [0, 0.1) is 0 Å². The number of hydrogen-bond acceptors (Lipinski definition) is 6. The highest BCUT2D eigenvalue weighted by Gasteiger charge is 2.18. The minimum atomic E-state index is -0.577. The summed E-state index contributed by atoms with van der Waals surface area (Å²) in [5.41, 5.74) is 1.40. The van der Waals surface area contributed by atoms with E-state index in [0.717, 1.165) is 5.56 Å². The molecule has 2 aromatic heterocycles. The van der Waals surface area contributed by atoms with E-state index in [1.165, 1.54) is 18.5 Å². The van der Waals surface area contributed by atoms with Crippen LogP contribution in [0.5, 0.6) is 0 Å². The maximum Gasteiger partial charge on any atom is 0.341 e. The van der Waals surface area contributed by atoms with Gasteiger partial charge in [-0.2, -0.15) is 5.10 Å². The van der Waals surface area contributed by atoms with E-state index >= 15 is 0 Å². The molecule has 140 valence electrons. The van der Waals surface area contributed by atoms with Gasteiger partial charge < -0.3 is 13.9 Å². The molecule has 3 aromatic rings. The summed E-state index contributed by atoms with van der Waals surface area (Å²) >= 11 is 6.13. The monoisotopic (exact) mass is 388 g/mol. The molecule has 0 amide bonds. The Balaban J connectivity index is 1.61. The lowest BCUT2D eigenvalue weighted by atomic mass is 10.2. The fourth-order valence-electron chi connectivity index (χ4n) is 2.41. The third kappa shape index (κ3) is 4.57. The van der Waals surface area contributed by atoms with Crippen molar-refractivity contribution < 1.29 is 23.5 Å². The summed E-state index contributed by atoms with van der Waals surface area (Å²) < 4.78 is 16.9. The number of ether oxygens (including phenoxy) is 2. The molecule has 1 aromatic carbocycles. The molecule has 27 heavy (non-hydrogen) atoms. The van der Waals surface area contributed by atoms with Gasteiger partial charge in [0.1, 0.15) is 5.56 Å². The average molecular weight is 389 g/mol. The summed E-state index contributed by atoms with van der Waals surface area (Å²) in [6.07, 6.45) is 4.32. The van der Waals surface area contributed by atoms with E-state index in [1.54, 1.807) is 23.9 Å². The normalized spacial score (nSPS) is 10.6. The molecule has 0 aliphatic rings. The summed E-state index contributed by atoms with van der Waals surface area (Å²) in [6, 6.07) is 8.87. The highest BCUT2D eigenvalue weighted by molar-refractivity contribution is 6.31. The second-order valence-electron chi connectivity index (χ2n) is 5.57. The van der Waals surface area contributed by atoms with Gasteiger partial charge in [0.05, 0.1) is 31.2 Å². The Labute approximate surface area is 160 Å². The Bertz CT molecular complexity index is 947. The molecule has 0 bridgehead atoms. The molecule has 7 nitrogen and oxygen atoms in total. The van der Waals surface area contributed by atoms with Crippen LogP contribution in [0.4, 0.5) is 0 Å². The van der Waals surface area contributed by atoms with Crippen molar-refractivity contribution in [3.63, 3.8) is 0 Å². The SMILES string of the molecule is CCOC(=O)c1ccoc1COC(=O)c1cnn(Cc2ccccc2Cl)c1. The highest BCUT2D eigenvalue weighted by Crippen LogP contribution is 2.17. The van der Waals surface area contributed by atoms with Gasteiger partial charge in [0.15, 0.2) is 12.4 Å². The first-order valence-electron chi connectivity index (χ1n) is 8.25. The molecule has 8 heteroatoms. The minimum Gasteiger partial charge on any atom is -0.465 e. The van der Waals surface area contributed by atoms with E-state index in [-0.39, 0.29) is 30.1 Å². The Kier molecular flexibility index (Phi) is 5.93. The molecular formula is C19H17ClN2O5. The zero-order chi connectivity index (χ0) is 19.2. The van der Waals surface area contributed by atoms with Crippen molar-refractivity contribution in [3.8, 4) is 0 Å². The van der Waals surface area contributed by atoms with Gasteiger partial charge >= 0.3 is 11.9 Å². The van der Waals surface area contributed by atoms with Crippen molar-refractivity contribution in [2.45, 2.75) is 20.1 Å². The van der Waals surface area contributed by atoms with Crippen molar-refractivity contribution in [2.24, 2.45) is 0 Å². The molecule has 0 aliphatic carbocycles. The van der Waals surface area contributed by atoms with E-state index in [9.17, 15) is 9.59 Å². The Morgan fingerprint density at radius 3 is 2.78 bits per heavy atom. The van der Waals surface area contributed by atoms with Crippen molar-refractivity contribution in [1.82, 2.24) is 9.78 Å². The zero-order valence-corrected chi connectivity index (χ0v) is 15.3. The quantitative estimate of drug-likeness (QED) is 0.574. The fraction of sp³-hybridized carbons (Fsp3) is 0.211. The fourth-order valence-corrected chi connectivity index (χ4v) is 2.61. The lowest BCUT2D eigenvalue weighted by Gasteiger charge is -2.04. The number of aromatic nitrogens is 2. The first-order chi connectivity index (χ1) is 13.1. The maximum absolute atomic E-state index is 12.2. The number of nitrogens with zero attached hydrogens (tertiary/aromatic N) is 2. The van der Waals surface area contributed by atoms with Crippen LogP contribution in [0.2, 0.25) is 5.02 Å². The van der Waals surface area contributed by atoms with Gasteiger partial charge in [0, 0.05) is 11.2 Å². The third-order valence-electron chi connectivity index (χ3n) is 3.73. The molecule has 0 saturated heterocycles. The number of carbonyl (C=O) groups is 2. The molecule has 0 N–H and O–H groups in total. The predicted molar refractivity (Wildman–Crippen MR) is 96.6 cm³/mol. The van der Waals surface area contributed by atoms with E-state index in [1.807, 2.05) is 18.2 Å². The van der Waals surface area contributed by atoms with Crippen LogP contribution in [0.3, 0.4) is 0 Å². The highest BCUT2D eigenvalue weighted by atomic mass is 35.5. The number of halogens is 1. The van der Waals surface area contributed by atoms with Gasteiger partial charge in [-0.3, -0.25) is 4.68 Å². The summed E-state index contributed by atoms with van der Waals surface area (Å²) in [4.78, 5) is 24.0. The zero-order valence-electron chi connectivity index (χ0n) is 14.6. The molecule has 0 fully saturated rings. The molecule has 0 spiro atoms. The van der Waals surface area contributed by atoms with Crippen LogP contribution in [0.25, 0.3) is 0 Å². The molecular weight excluding hydrogens is 372 g/mol. The molecule has 3 rings (SSSR count). The predicted octanol–water partition coefficient (Wildman–Crippen LogP) is 3.71. The van der Waals surface area contributed by atoms with Crippen molar-refractivity contribution in [3.05, 3.63) is 76.5 Å². The van der Waals surface area contributed by atoms with E-state index in [0.29, 0.717) is 11.6 Å². The Morgan fingerprint density at radius 2 is 2.00 bits per heavy atom. The Hall–Kier alpha value is -3.06.